The van der Waals surface area contributed by atoms with Crippen molar-refractivity contribution < 1.29 is 26.3 Å². The van der Waals surface area contributed by atoms with E-state index in [2.05, 4.69) is 15.5 Å². The average Bonchev–Trinajstić information content (AvgIpc) is 2.97. The first-order valence-electron chi connectivity index (χ1n) is 7.65. The molecule has 1 aromatic carbocycles. The highest BCUT2D eigenvalue weighted by Gasteiger charge is 2.47. The quantitative estimate of drug-likeness (QED) is 0.434. The van der Waals surface area contributed by atoms with E-state index in [1.807, 2.05) is 0 Å². The van der Waals surface area contributed by atoms with E-state index in [4.69, 9.17) is 5.26 Å². The molecule has 11 heteroatoms. The van der Waals surface area contributed by atoms with Gasteiger partial charge in [-0.1, -0.05) is 6.92 Å². The van der Waals surface area contributed by atoms with Crippen LogP contribution in [0.3, 0.4) is 0 Å². The maximum Gasteiger partial charge on any atom is 0.431 e. The van der Waals surface area contributed by atoms with E-state index < -0.39 is 41.2 Å². The molecule has 0 saturated heterocycles. The Balaban J connectivity index is 2.44. The Kier molecular flexibility index (Phi) is 5.79. The molecular formula is C16H14F6N4S. The lowest BCUT2D eigenvalue weighted by Crippen LogP contribution is -2.43. The summed E-state index contributed by atoms with van der Waals surface area (Å²) < 4.78 is 77.9. The van der Waals surface area contributed by atoms with Gasteiger partial charge in [-0.05, 0) is 30.9 Å². The van der Waals surface area contributed by atoms with Crippen molar-refractivity contribution in [3.8, 4) is 6.07 Å². The second-order valence-corrected chi connectivity index (χ2v) is 7.12. The maximum atomic E-state index is 13.1. The number of thioether (sulfide) groups is 1. The zero-order valence-corrected chi connectivity index (χ0v) is 15.0. The van der Waals surface area contributed by atoms with Gasteiger partial charge in [-0.3, -0.25) is 5.43 Å². The number of benzene rings is 1. The van der Waals surface area contributed by atoms with Gasteiger partial charge in [0.25, 0.3) is 0 Å². The number of aliphatic imine (C=N–C) groups is 1. The van der Waals surface area contributed by atoms with Crippen LogP contribution in [0.1, 0.15) is 31.4 Å². The summed E-state index contributed by atoms with van der Waals surface area (Å²) in [6.45, 7) is 3.19. The molecule has 146 valence electrons. The molecule has 0 radical (unpaired) electrons. The SMILES string of the molecule is CCS/C(=N\c1ccc(C#N)c(C(F)(F)F)c1)[C@]1(C)CC(C(F)(F)F)=NN1. The van der Waals surface area contributed by atoms with Crippen LogP contribution in [0.2, 0.25) is 0 Å². The Labute approximate surface area is 155 Å². The lowest BCUT2D eigenvalue weighted by molar-refractivity contribution is -0.137. The first kappa shape index (κ1) is 21.1. The fourth-order valence-electron chi connectivity index (χ4n) is 2.39. The minimum atomic E-state index is -4.75. The van der Waals surface area contributed by atoms with Crippen molar-refractivity contribution in [2.45, 2.75) is 38.2 Å². The van der Waals surface area contributed by atoms with Gasteiger partial charge < -0.3 is 0 Å². The summed E-state index contributed by atoms with van der Waals surface area (Å²) >= 11 is 1.10. The molecule has 0 amide bonds. The summed E-state index contributed by atoms with van der Waals surface area (Å²) in [4.78, 5) is 4.14. The van der Waals surface area contributed by atoms with Gasteiger partial charge in [0.1, 0.15) is 16.3 Å². The lowest BCUT2D eigenvalue weighted by Gasteiger charge is -2.25. The van der Waals surface area contributed by atoms with Crippen LogP contribution in [-0.4, -0.2) is 28.2 Å². The summed E-state index contributed by atoms with van der Waals surface area (Å²) in [6, 6.07) is 4.37. The summed E-state index contributed by atoms with van der Waals surface area (Å²) in [5, 5.41) is 12.3. The third kappa shape index (κ3) is 4.74. The minimum Gasteiger partial charge on any atom is -0.297 e. The second kappa shape index (κ2) is 7.42. The highest BCUT2D eigenvalue weighted by atomic mass is 32.2. The van der Waals surface area contributed by atoms with Crippen LogP contribution in [0.5, 0.6) is 0 Å². The van der Waals surface area contributed by atoms with Crippen LogP contribution in [0, 0.1) is 11.3 Å². The van der Waals surface area contributed by atoms with E-state index in [-0.39, 0.29) is 10.7 Å². The van der Waals surface area contributed by atoms with Crippen LogP contribution >= 0.6 is 11.8 Å². The summed E-state index contributed by atoms with van der Waals surface area (Å²) in [5.41, 5.74) is -1.71. The first-order chi connectivity index (χ1) is 12.4. The van der Waals surface area contributed by atoms with Gasteiger partial charge >= 0.3 is 12.4 Å². The van der Waals surface area contributed by atoms with Gasteiger partial charge in [0, 0.05) is 6.42 Å². The number of hydrogen-bond donors (Lipinski definition) is 1. The highest BCUT2D eigenvalue weighted by molar-refractivity contribution is 8.14. The van der Waals surface area contributed by atoms with Crippen LogP contribution in [0.25, 0.3) is 0 Å². The van der Waals surface area contributed by atoms with E-state index in [0.717, 1.165) is 17.8 Å². The fraction of sp³-hybridized carbons (Fsp3) is 0.438. The maximum absolute atomic E-state index is 13.1. The Morgan fingerprint density at radius 2 is 1.96 bits per heavy atom. The molecule has 0 aromatic heterocycles. The molecule has 27 heavy (non-hydrogen) atoms. The van der Waals surface area contributed by atoms with Crippen molar-refractivity contribution in [2.75, 3.05) is 5.75 Å². The Morgan fingerprint density at radius 3 is 2.44 bits per heavy atom. The number of halogens is 6. The average molecular weight is 408 g/mol. The minimum absolute atomic E-state index is 0.110. The largest absolute Gasteiger partial charge is 0.431 e. The van der Waals surface area contributed by atoms with Crippen LogP contribution < -0.4 is 5.43 Å². The highest BCUT2D eigenvalue weighted by Crippen LogP contribution is 2.36. The van der Waals surface area contributed by atoms with E-state index >= 15 is 0 Å². The predicted octanol–water partition coefficient (Wildman–Crippen LogP) is 5.03. The first-order valence-corrected chi connectivity index (χ1v) is 8.63. The smallest absolute Gasteiger partial charge is 0.297 e. The summed E-state index contributed by atoms with van der Waals surface area (Å²) in [7, 11) is 0. The molecule has 1 N–H and O–H groups in total. The van der Waals surface area contributed by atoms with E-state index in [1.165, 1.54) is 19.1 Å². The van der Waals surface area contributed by atoms with Crippen molar-refractivity contribution in [3.63, 3.8) is 0 Å². The number of rotatable bonds is 3. The molecule has 1 aliphatic rings. The monoisotopic (exact) mass is 408 g/mol. The number of nitrogens with one attached hydrogen (secondary N) is 1. The lowest BCUT2D eigenvalue weighted by atomic mass is 9.98. The molecule has 1 aliphatic heterocycles. The predicted molar refractivity (Wildman–Crippen MR) is 91.0 cm³/mol. The summed E-state index contributed by atoms with van der Waals surface area (Å²) in [6.07, 6.45) is -9.86. The van der Waals surface area contributed by atoms with Gasteiger partial charge in [0.2, 0.25) is 0 Å². The number of alkyl halides is 6. The van der Waals surface area contributed by atoms with Crippen LogP contribution in [-0.2, 0) is 6.18 Å². The van der Waals surface area contributed by atoms with Crippen LogP contribution in [0.4, 0.5) is 32.0 Å². The van der Waals surface area contributed by atoms with Crippen molar-refractivity contribution >= 4 is 28.2 Å². The van der Waals surface area contributed by atoms with Gasteiger partial charge in [-0.15, -0.1) is 11.8 Å². The molecule has 0 fully saturated rings. The van der Waals surface area contributed by atoms with Crippen molar-refractivity contribution in [2.24, 2.45) is 10.1 Å². The molecule has 1 aromatic rings. The second-order valence-electron chi connectivity index (χ2n) is 5.87. The number of nitrogens with zero attached hydrogens (tertiary/aromatic N) is 3. The third-order valence-corrected chi connectivity index (χ3v) is 4.80. The van der Waals surface area contributed by atoms with Crippen molar-refractivity contribution in [3.05, 3.63) is 29.3 Å². The molecule has 0 unspecified atom stereocenters. The third-order valence-electron chi connectivity index (χ3n) is 3.70. The molecule has 2 rings (SSSR count). The van der Waals surface area contributed by atoms with Gasteiger partial charge in [-0.2, -0.15) is 36.7 Å². The van der Waals surface area contributed by atoms with E-state index in [0.29, 0.717) is 11.8 Å². The molecule has 0 bridgehead atoms. The zero-order valence-electron chi connectivity index (χ0n) is 14.2. The Bertz CT molecular complexity index is 822. The number of nitriles is 1. The molecule has 1 heterocycles. The molecule has 0 spiro atoms. The number of hydrogen-bond acceptors (Lipinski definition) is 5. The molecular weight excluding hydrogens is 394 g/mol. The van der Waals surface area contributed by atoms with Gasteiger partial charge in [0.05, 0.1) is 22.9 Å². The van der Waals surface area contributed by atoms with E-state index in [1.54, 1.807) is 6.92 Å². The standard InChI is InChI=1S/C16H14F6N4S/c1-3-27-13(14(2)7-12(25-26-14)16(20,21)22)24-10-5-4-9(8-23)11(6-10)15(17,18)19/h4-6,26H,3,7H2,1-2H3/b24-13-/t14-/m0/s1. The number of hydrazone groups is 1. The Hall–Kier alpha value is -2.22. The van der Waals surface area contributed by atoms with Crippen LogP contribution in [0.15, 0.2) is 28.3 Å². The molecule has 0 aliphatic carbocycles. The van der Waals surface area contributed by atoms with Crippen molar-refractivity contribution in [1.29, 1.82) is 5.26 Å². The van der Waals surface area contributed by atoms with Gasteiger partial charge in [0.15, 0.2) is 0 Å². The van der Waals surface area contributed by atoms with E-state index in [9.17, 15) is 26.3 Å². The normalized spacial score (nSPS) is 20.9. The topological polar surface area (TPSA) is 60.5 Å². The zero-order chi connectivity index (χ0) is 20.5. The molecule has 0 saturated carbocycles. The Morgan fingerprint density at radius 1 is 1.30 bits per heavy atom. The summed E-state index contributed by atoms with van der Waals surface area (Å²) in [5.74, 6) is 0.444. The van der Waals surface area contributed by atoms with Gasteiger partial charge in [-0.25, -0.2) is 4.99 Å². The van der Waals surface area contributed by atoms with Crippen molar-refractivity contribution in [1.82, 2.24) is 5.43 Å². The fourth-order valence-corrected chi connectivity index (χ4v) is 3.27. The molecule has 1 atom stereocenters. The molecule has 4 nitrogen and oxygen atoms in total.